The smallest absolute Gasteiger partial charge is 0.278 e. The fraction of sp³-hybridized carbons (Fsp3) is 0.567. The van der Waals surface area contributed by atoms with Gasteiger partial charge in [0, 0.05) is 30.1 Å². The fourth-order valence-corrected chi connectivity index (χ4v) is 13.1. The number of rotatable bonds is 10. The molecule has 1 fully saturated rings. The Labute approximate surface area is 255 Å². The summed E-state index contributed by atoms with van der Waals surface area (Å²) in [5.41, 5.74) is 5.45. The number of sulfonamides is 1. The van der Waals surface area contributed by atoms with Crippen LogP contribution in [0.3, 0.4) is 0 Å². The van der Waals surface area contributed by atoms with Crippen molar-refractivity contribution in [2.75, 3.05) is 25.7 Å². The molecule has 1 aromatic carbocycles. The van der Waals surface area contributed by atoms with E-state index < -0.39 is 41.2 Å². The van der Waals surface area contributed by atoms with Crippen LogP contribution in [0.25, 0.3) is 0 Å². The van der Waals surface area contributed by atoms with Crippen LogP contribution >= 0.6 is 11.3 Å². The van der Waals surface area contributed by atoms with E-state index in [0.717, 1.165) is 4.31 Å². The molecular weight excluding hydrogens is 591 g/mol. The number of anilines is 1. The topological polar surface area (TPSA) is 106 Å². The van der Waals surface area contributed by atoms with Gasteiger partial charge in [0.15, 0.2) is 5.01 Å². The van der Waals surface area contributed by atoms with Crippen LogP contribution in [0.4, 0.5) is 5.69 Å². The van der Waals surface area contributed by atoms with E-state index in [4.69, 9.17) is 9.47 Å². The number of ether oxygens (including phenoxy) is 2. The Morgan fingerprint density at radius 1 is 1.02 bits per heavy atom. The Hall–Kier alpha value is -2.88. The maximum absolute atomic E-state index is 14.1. The minimum absolute atomic E-state index is 0.0188. The number of hydrogen-bond acceptors (Lipinski definition) is 8. The summed E-state index contributed by atoms with van der Waals surface area (Å²) in [5.74, 6) is 2.94. The van der Waals surface area contributed by atoms with Crippen LogP contribution in [0.15, 0.2) is 23.6 Å². The highest BCUT2D eigenvalue weighted by Gasteiger charge is 2.45. The van der Waals surface area contributed by atoms with Gasteiger partial charge in [-0.15, -0.1) is 16.9 Å². The third-order valence-electron chi connectivity index (χ3n) is 8.16. The van der Waals surface area contributed by atoms with E-state index in [1.165, 1.54) is 44.3 Å². The molecule has 1 aliphatic rings. The zero-order valence-electron chi connectivity index (χ0n) is 26.2. The molecule has 0 spiro atoms. The second kappa shape index (κ2) is 13.2. The molecule has 0 N–H and O–H groups in total. The van der Waals surface area contributed by atoms with Crippen LogP contribution in [0.2, 0.25) is 16.6 Å². The Morgan fingerprint density at radius 2 is 1.57 bits per heavy atom. The summed E-state index contributed by atoms with van der Waals surface area (Å²) >= 11 is 1.28. The number of hydrogen-bond donors (Lipinski definition) is 0. The monoisotopic (exact) mass is 633 g/mol. The molecule has 2 heterocycles. The van der Waals surface area contributed by atoms with E-state index in [-0.39, 0.29) is 18.7 Å². The summed E-state index contributed by atoms with van der Waals surface area (Å²) in [6, 6.07) is 3.84. The minimum atomic E-state index is -3.86. The zero-order valence-corrected chi connectivity index (χ0v) is 28.9. The second-order valence-electron chi connectivity index (χ2n) is 11.7. The molecule has 1 unspecified atom stereocenters. The van der Waals surface area contributed by atoms with Crippen molar-refractivity contribution in [2.45, 2.75) is 89.7 Å². The standard InChI is InChI=1S/C30H43N3O6S2Si/c1-19(2)41(36,37)32-13-11-27(30(32)35)33(23-15-24(38-9)17-25(16-23)39-10)29(34)26-18-40-28(31-26)12-14-42(20(3)4,21(5)6)22(7)8/h15-22,27H,11,13H2,1-10H3. The van der Waals surface area contributed by atoms with Crippen molar-refractivity contribution < 1.29 is 27.5 Å². The third kappa shape index (κ3) is 6.38. The molecule has 0 saturated carbocycles. The molecular formula is C30H43N3O6S2Si. The van der Waals surface area contributed by atoms with Gasteiger partial charge in [0.1, 0.15) is 31.3 Å². The Morgan fingerprint density at radius 3 is 2.05 bits per heavy atom. The summed E-state index contributed by atoms with van der Waals surface area (Å²) in [4.78, 5) is 33.6. The van der Waals surface area contributed by atoms with Crippen molar-refractivity contribution in [1.82, 2.24) is 9.29 Å². The molecule has 2 amide bonds. The molecule has 42 heavy (non-hydrogen) atoms. The lowest BCUT2D eigenvalue weighted by molar-refractivity contribution is -0.124. The molecule has 1 saturated heterocycles. The van der Waals surface area contributed by atoms with E-state index >= 15 is 0 Å². The molecule has 1 aromatic heterocycles. The Balaban J connectivity index is 2.10. The Bertz CT molecular complexity index is 1430. The van der Waals surface area contributed by atoms with E-state index in [1.54, 1.807) is 23.6 Å². The lowest BCUT2D eigenvalue weighted by Gasteiger charge is -2.37. The maximum Gasteiger partial charge on any atom is 0.278 e. The summed E-state index contributed by atoms with van der Waals surface area (Å²) in [7, 11) is -2.90. The van der Waals surface area contributed by atoms with Gasteiger partial charge in [-0.05, 0) is 42.8 Å². The van der Waals surface area contributed by atoms with Gasteiger partial charge in [0.2, 0.25) is 10.0 Å². The number of methoxy groups -OCH3 is 2. The molecule has 0 aliphatic carbocycles. The minimum Gasteiger partial charge on any atom is -0.497 e. The molecule has 9 nitrogen and oxygen atoms in total. The van der Waals surface area contributed by atoms with Crippen LogP contribution in [0, 0.1) is 11.5 Å². The van der Waals surface area contributed by atoms with Crippen LogP contribution in [0.5, 0.6) is 11.5 Å². The molecule has 0 radical (unpaired) electrons. The van der Waals surface area contributed by atoms with Gasteiger partial charge < -0.3 is 9.47 Å². The van der Waals surface area contributed by atoms with Gasteiger partial charge >= 0.3 is 0 Å². The molecule has 12 heteroatoms. The number of benzene rings is 1. The maximum atomic E-state index is 14.1. The van der Waals surface area contributed by atoms with Crippen molar-refractivity contribution in [3.05, 3.63) is 34.3 Å². The number of nitrogens with zero attached hydrogens (tertiary/aromatic N) is 3. The van der Waals surface area contributed by atoms with Crippen molar-refractivity contribution in [3.63, 3.8) is 0 Å². The number of amides is 2. The number of carbonyl (C=O) groups is 2. The van der Waals surface area contributed by atoms with E-state index in [9.17, 15) is 18.0 Å². The van der Waals surface area contributed by atoms with Crippen molar-refractivity contribution >= 4 is 46.9 Å². The zero-order chi connectivity index (χ0) is 31.6. The average molecular weight is 634 g/mol. The van der Waals surface area contributed by atoms with Crippen LogP contribution < -0.4 is 14.4 Å². The summed E-state index contributed by atoms with van der Waals surface area (Å²) < 4.78 is 37.6. The quantitative estimate of drug-likeness (QED) is 0.244. The first kappa shape index (κ1) is 33.6. The largest absolute Gasteiger partial charge is 0.497 e. The molecule has 0 bridgehead atoms. The van der Waals surface area contributed by atoms with Gasteiger partial charge in [-0.2, -0.15) is 0 Å². The molecule has 3 rings (SSSR count). The lowest BCUT2D eigenvalue weighted by Crippen LogP contribution is -2.47. The SMILES string of the molecule is COc1cc(OC)cc(N(C(=O)c2csc(C#C[Si](C(C)C)(C(C)C)C(C)C)n2)C2CCN(S(=O)(=O)C(C)C)C2=O)c1. The number of aromatic nitrogens is 1. The van der Waals surface area contributed by atoms with Crippen LogP contribution in [-0.4, -0.2) is 69.7 Å². The van der Waals surface area contributed by atoms with E-state index in [2.05, 4.69) is 58.0 Å². The van der Waals surface area contributed by atoms with Crippen molar-refractivity contribution in [3.8, 4) is 23.0 Å². The second-order valence-corrected chi connectivity index (χ2v) is 20.6. The summed E-state index contributed by atoms with van der Waals surface area (Å²) in [6.45, 7) is 16.4. The molecule has 1 atom stereocenters. The highest BCUT2D eigenvalue weighted by Crippen LogP contribution is 2.41. The first-order valence-electron chi connectivity index (χ1n) is 14.2. The fourth-order valence-electron chi connectivity index (χ4n) is 5.90. The number of carbonyl (C=O) groups excluding carboxylic acids is 2. The summed E-state index contributed by atoms with van der Waals surface area (Å²) in [6.07, 6.45) is 0.137. The molecule has 1 aliphatic heterocycles. The van der Waals surface area contributed by atoms with Gasteiger partial charge in [0.25, 0.3) is 11.8 Å². The molecule has 230 valence electrons. The van der Waals surface area contributed by atoms with E-state index in [1.807, 2.05) is 0 Å². The van der Waals surface area contributed by atoms with Gasteiger partial charge in [0.05, 0.1) is 25.2 Å². The lowest BCUT2D eigenvalue weighted by atomic mass is 10.1. The van der Waals surface area contributed by atoms with Gasteiger partial charge in [-0.1, -0.05) is 41.5 Å². The van der Waals surface area contributed by atoms with Crippen LogP contribution in [-0.2, 0) is 14.8 Å². The predicted octanol–water partition coefficient (Wildman–Crippen LogP) is 5.72. The van der Waals surface area contributed by atoms with Crippen LogP contribution in [0.1, 0.15) is 77.3 Å². The first-order chi connectivity index (χ1) is 19.6. The van der Waals surface area contributed by atoms with Gasteiger partial charge in [-0.3, -0.25) is 14.5 Å². The number of thiazole rings is 1. The Kier molecular flexibility index (Phi) is 10.6. The average Bonchev–Trinajstić information content (AvgIpc) is 3.55. The third-order valence-corrected chi connectivity index (χ3v) is 17.4. The highest BCUT2D eigenvalue weighted by molar-refractivity contribution is 7.90. The highest BCUT2D eigenvalue weighted by atomic mass is 32.2. The van der Waals surface area contributed by atoms with Crippen molar-refractivity contribution in [1.29, 1.82) is 0 Å². The predicted molar refractivity (Wildman–Crippen MR) is 171 cm³/mol. The summed E-state index contributed by atoms with van der Waals surface area (Å²) in [5, 5.41) is 1.39. The van der Waals surface area contributed by atoms with Crippen molar-refractivity contribution in [2.24, 2.45) is 0 Å². The van der Waals surface area contributed by atoms with E-state index in [0.29, 0.717) is 38.8 Å². The normalized spacial score (nSPS) is 15.9. The van der Waals surface area contributed by atoms with Gasteiger partial charge in [-0.25, -0.2) is 17.7 Å². The molecule has 2 aromatic rings. The first-order valence-corrected chi connectivity index (χ1v) is 18.8.